The number of benzene rings is 2. The maximum absolute atomic E-state index is 12.7. The van der Waals surface area contributed by atoms with Gasteiger partial charge in [0.1, 0.15) is 0 Å². The highest BCUT2D eigenvalue weighted by Crippen LogP contribution is 2.30. The second-order valence-electron chi connectivity index (χ2n) is 8.22. The topological polar surface area (TPSA) is 102 Å². The lowest BCUT2D eigenvalue weighted by atomic mass is 10.1. The number of carbonyl (C=O) groups excluding carboxylic acids is 2. The van der Waals surface area contributed by atoms with E-state index in [2.05, 4.69) is 25.8 Å². The summed E-state index contributed by atoms with van der Waals surface area (Å²) in [5.41, 5.74) is 3.44. The van der Waals surface area contributed by atoms with Crippen LogP contribution in [0.25, 0.3) is 11.3 Å². The summed E-state index contributed by atoms with van der Waals surface area (Å²) >= 11 is 2.76. The van der Waals surface area contributed by atoms with Crippen LogP contribution in [-0.2, 0) is 11.3 Å². The van der Waals surface area contributed by atoms with Gasteiger partial charge in [-0.2, -0.15) is 0 Å². The predicted molar refractivity (Wildman–Crippen MR) is 144 cm³/mol. The number of carbonyl (C=O) groups is 2. The number of amides is 2. The zero-order valence-electron chi connectivity index (χ0n) is 20.6. The van der Waals surface area contributed by atoms with Crippen LogP contribution in [0.5, 0.6) is 0 Å². The maximum Gasteiger partial charge on any atom is 0.252 e. The summed E-state index contributed by atoms with van der Waals surface area (Å²) in [6, 6.07) is 17.0. The van der Waals surface area contributed by atoms with E-state index >= 15 is 0 Å². The molecule has 186 valence electrons. The smallest absolute Gasteiger partial charge is 0.252 e. The number of nitrogens with one attached hydrogen (secondary N) is 2. The molecule has 2 aromatic heterocycles. The van der Waals surface area contributed by atoms with Crippen molar-refractivity contribution in [3.8, 4) is 11.3 Å². The molecule has 2 amide bonds. The van der Waals surface area contributed by atoms with E-state index in [0.717, 1.165) is 21.7 Å². The van der Waals surface area contributed by atoms with Gasteiger partial charge >= 0.3 is 0 Å². The third-order valence-electron chi connectivity index (χ3n) is 5.61. The second-order valence-corrected chi connectivity index (χ2v) is 10.4. The van der Waals surface area contributed by atoms with E-state index in [1.165, 1.54) is 23.1 Å². The van der Waals surface area contributed by atoms with Gasteiger partial charge in [0.25, 0.3) is 5.91 Å². The third-order valence-corrected chi connectivity index (χ3v) is 7.46. The summed E-state index contributed by atoms with van der Waals surface area (Å²) in [5.74, 6) is 0.488. The number of aromatic nitrogens is 4. The van der Waals surface area contributed by atoms with Crippen LogP contribution in [0.2, 0.25) is 0 Å². The van der Waals surface area contributed by atoms with E-state index in [-0.39, 0.29) is 23.6 Å². The molecule has 0 aliphatic rings. The highest BCUT2D eigenvalue weighted by Gasteiger charge is 2.21. The lowest BCUT2D eigenvalue weighted by Crippen LogP contribution is -2.29. The van der Waals surface area contributed by atoms with Gasteiger partial charge in [0, 0.05) is 22.5 Å². The SMILES string of the molecule is CCn1c(SCC(=O)Nc2nc(-c3ccccc3)c(C)s2)nnc1[C@H](C)NC(=O)c1ccccc1C. The highest BCUT2D eigenvalue weighted by molar-refractivity contribution is 7.99. The lowest BCUT2D eigenvalue weighted by Gasteiger charge is -2.16. The maximum atomic E-state index is 12.7. The Hall–Kier alpha value is -3.50. The summed E-state index contributed by atoms with van der Waals surface area (Å²) < 4.78 is 1.92. The van der Waals surface area contributed by atoms with Gasteiger partial charge in [-0.25, -0.2) is 4.98 Å². The minimum atomic E-state index is -0.345. The van der Waals surface area contributed by atoms with Crippen molar-refractivity contribution in [2.75, 3.05) is 11.1 Å². The molecule has 36 heavy (non-hydrogen) atoms. The van der Waals surface area contributed by atoms with Gasteiger partial charge < -0.3 is 15.2 Å². The van der Waals surface area contributed by atoms with Crippen molar-refractivity contribution < 1.29 is 9.59 Å². The lowest BCUT2D eigenvalue weighted by molar-refractivity contribution is -0.113. The largest absolute Gasteiger partial charge is 0.342 e. The van der Waals surface area contributed by atoms with Gasteiger partial charge in [0.2, 0.25) is 5.91 Å². The molecule has 0 saturated heterocycles. The number of hydrogen-bond acceptors (Lipinski definition) is 7. The Morgan fingerprint density at radius 3 is 2.50 bits per heavy atom. The van der Waals surface area contributed by atoms with Gasteiger partial charge in [0.05, 0.1) is 17.5 Å². The fraction of sp³-hybridized carbons (Fsp3) is 0.269. The molecule has 4 rings (SSSR count). The zero-order valence-corrected chi connectivity index (χ0v) is 22.2. The Balaban J connectivity index is 1.38. The van der Waals surface area contributed by atoms with Crippen molar-refractivity contribution in [1.82, 2.24) is 25.1 Å². The molecule has 0 aliphatic heterocycles. The number of anilines is 1. The molecule has 1 atom stereocenters. The van der Waals surface area contributed by atoms with Gasteiger partial charge in [-0.05, 0) is 39.3 Å². The number of thiazole rings is 1. The molecule has 0 bridgehead atoms. The Kier molecular flexibility index (Phi) is 8.17. The standard InChI is InChI=1S/C26H28N6O2S2/c1-5-32-23(17(3)27-24(34)20-14-10-9-11-16(20)2)30-31-26(32)35-15-21(33)28-25-29-22(18(4)36-25)19-12-7-6-8-13-19/h6-14,17H,5,15H2,1-4H3,(H,27,34)(H,28,29,33)/t17-/m0/s1. The summed E-state index contributed by atoms with van der Waals surface area (Å²) in [6.45, 7) is 8.38. The van der Waals surface area contributed by atoms with Crippen LogP contribution >= 0.6 is 23.1 Å². The summed E-state index contributed by atoms with van der Waals surface area (Å²) in [4.78, 5) is 31.0. The number of rotatable bonds is 9. The van der Waals surface area contributed by atoms with E-state index < -0.39 is 0 Å². The van der Waals surface area contributed by atoms with Crippen LogP contribution in [0.1, 0.15) is 46.5 Å². The Morgan fingerprint density at radius 1 is 1.06 bits per heavy atom. The monoisotopic (exact) mass is 520 g/mol. The average Bonchev–Trinajstić information content (AvgIpc) is 3.46. The molecule has 4 aromatic rings. The van der Waals surface area contributed by atoms with Crippen LogP contribution in [0.15, 0.2) is 59.8 Å². The van der Waals surface area contributed by atoms with Crippen LogP contribution in [-0.4, -0.2) is 37.3 Å². The van der Waals surface area contributed by atoms with Crippen LogP contribution in [0, 0.1) is 13.8 Å². The van der Waals surface area contributed by atoms with Crippen molar-refractivity contribution in [2.24, 2.45) is 0 Å². The number of thioether (sulfide) groups is 1. The van der Waals surface area contributed by atoms with Gasteiger partial charge in [-0.3, -0.25) is 9.59 Å². The van der Waals surface area contributed by atoms with Crippen molar-refractivity contribution in [3.05, 3.63) is 76.4 Å². The molecule has 0 saturated carbocycles. The van der Waals surface area contributed by atoms with Crippen molar-refractivity contribution >= 4 is 40.0 Å². The summed E-state index contributed by atoms with van der Waals surface area (Å²) in [5, 5.41) is 15.7. The van der Waals surface area contributed by atoms with Gasteiger partial charge in [0.15, 0.2) is 16.1 Å². The van der Waals surface area contributed by atoms with Crippen molar-refractivity contribution in [2.45, 2.75) is 45.4 Å². The van der Waals surface area contributed by atoms with Crippen molar-refractivity contribution in [3.63, 3.8) is 0 Å². The minimum Gasteiger partial charge on any atom is -0.342 e. The van der Waals surface area contributed by atoms with E-state index in [1.54, 1.807) is 6.07 Å². The first-order chi connectivity index (χ1) is 17.4. The Morgan fingerprint density at radius 2 is 1.78 bits per heavy atom. The molecule has 2 N–H and O–H groups in total. The second kappa shape index (κ2) is 11.5. The fourth-order valence-electron chi connectivity index (χ4n) is 3.79. The van der Waals surface area contributed by atoms with Crippen LogP contribution < -0.4 is 10.6 Å². The molecule has 2 heterocycles. The zero-order chi connectivity index (χ0) is 25.7. The Bertz CT molecular complexity index is 1370. The first kappa shape index (κ1) is 25.6. The molecule has 0 radical (unpaired) electrons. The predicted octanol–water partition coefficient (Wildman–Crippen LogP) is 5.26. The van der Waals surface area contributed by atoms with E-state index in [4.69, 9.17) is 0 Å². The molecule has 10 heteroatoms. The Labute approximate surface area is 218 Å². The minimum absolute atomic E-state index is 0.159. The number of hydrogen-bond donors (Lipinski definition) is 2. The summed E-state index contributed by atoms with van der Waals surface area (Å²) in [7, 11) is 0. The van der Waals surface area contributed by atoms with Gasteiger partial charge in [-0.15, -0.1) is 21.5 Å². The van der Waals surface area contributed by atoms with E-state index in [9.17, 15) is 9.59 Å². The normalized spacial score (nSPS) is 11.8. The molecule has 0 unspecified atom stereocenters. The van der Waals surface area contributed by atoms with E-state index in [0.29, 0.717) is 28.2 Å². The van der Waals surface area contributed by atoms with Crippen LogP contribution in [0.4, 0.5) is 5.13 Å². The van der Waals surface area contributed by atoms with Gasteiger partial charge in [-0.1, -0.05) is 60.3 Å². The molecule has 2 aromatic carbocycles. The molecule has 8 nitrogen and oxygen atoms in total. The third kappa shape index (κ3) is 5.83. The van der Waals surface area contributed by atoms with Crippen LogP contribution in [0.3, 0.4) is 0 Å². The quantitative estimate of drug-likeness (QED) is 0.292. The molecule has 0 aliphatic carbocycles. The molecule has 0 spiro atoms. The van der Waals surface area contributed by atoms with E-state index in [1.807, 2.05) is 80.8 Å². The first-order valence-electron chi connectivity index (χ1n) is 11.6. The molecular formula is C26H28N6O2S2. The molecule has 0 fully saturated rings. The molecular weight excluding hydrogens is 492 g/mol. The summed E-state index contributed by atoms with van der Waals surface area (Å²) in [6.07, 6.45) is 0. The number of aryl methyl sites for hydroxylation is 2. The number of nitrogens with zero attached hydrogens (tertiary/aromatic N) is 4. The fourth-order valence-corrected chi connectivity index (χ4v) is 5.45. The van der Waals surface area contributed by atoms with Crippen molar-refractivity contribution in [1.29, 1.82) is 0 Å². The highest BCUT2D eigenvalue weighted by atomic mass is 32.2. The first-order valence-corrected chi connectivity index (χ1v) is 13.4. The average molecular weight is 521 g/mol.